The van der Waals surface area contributed by atoms with Crippen LogP contribution in [0.3, 0.4) is 0 Å². The van der Waals surface area contributed by atoms with Crippen molar-refractivity contribution in [1.29, 1.82) is 0 Å². The highest BCUT2D eigenvalue weighted by Crippen LogP contribution is 2.32. The average Bonchev–Trinajstić information content (AvgIpc) is 2.68. The summed E-state index contributed by atoms with van der Waals surface area (Å²) in [6, 6.07) is 0. The Morgan fingerprint density at radius 3 is 2.93 bits per heavy atom. The maximum atomic E-state index is 5.54. The molecule has 15 heavy (non-hydrogen) atoms. The molecule has 3 heteroatoms. The normalized spacial score (nSPS) is 26.0. The molecular weight excluding hydrogens is 190 g/mol. The second-order valence-corrected chi connectivity index (χ2v) is 4.58. The lowest BCUT2D eigenvalue weighted by molar-refractivity contribution is 0.127. The number of nitrogens with one attached hydrogen (secondary N) is 1. The summed E-state index contributed by atoms with van der Waals surface area (Å²) in [5.74, 6) is 0. The molecule has 0 aromatic rings. The molecule has 1 fully saturated rings. The van der Waals surface area contributed by atoms with Crippen molar-refractivity contribution in [2.75, 3.05) is 40.0 Å². The number of hydrogen-bond acceptors (Lipinski definition) is 3. The minimum atomic E-state index is 0.383. The lowest BCUT2D eigenvalue weighted by Crippen LogP contribution is -2.35. The first-order valence-electron chi connectivity index (χ1n) is 6.10. The minimum Gasteiger partial charge on any atom is -0.385 e. The molecule has 0 aromatic heterocycles. The maximum Gasteiger partial charge on any atom is 0.0535 e. The monoisotopic (exact) mass is 215 g/mol. The highest BCUT2D eigenvalue weighted by molar-refractivity contribution is 4.85. The zero-order chi connectivity index (χ0) is 11.0. The first kappa shape index (κ1) is 12.9. The van der Waals surface area contributed by atoms with Gasteiger partial charge >= 0.3 is 0 Å². The molecule has 3 nitrogen and oxygen atoms in total. The molecule has 0 saturated carbocycles. The molecule has 0 aromatic carbocycles. The van der Waals surface area contributed by atoms with Crippen molar-refractivity contribution in [2.24, 2.45) is 5.41 Å². The van der Waals surface area contributed by atoms with Gasteiger partial charge in [0.2, 0.25) is 0 Å². The van der Waals surface area contributed by atoms with Gasteiger partial charge < -0.3 is 14.8 Å². The number of methoxy groups -OCH3 is 1. The van der Waals surface area contributed by atoms with E-state index in [0.29, 0.717) is 5.41 Å². The zero-order valence-corrected chi connectivity index (χ0v) is 10.2. The third kappa shape index (κ3) is 4.49. The molecule has 1 atom stereocenters. The zero-order valence-electron chi connectivity index (χ0n) is 10.2. The van der Waals surface area contributed by atoms with Gasteiger partial charge in [-0.05, 0) is 32.2 Å². The molecule has 0 radical (unpaired) electrons. The Labute approximate surface area is 93.5 Å². The van der Waals surface area contributed by atoms with Gasteiger partial charge in [0.15, 0.2) is 0 Å². The second kappa shape index (κ2) is 7.20. The van der Waals surface area contributed by atoms with E-state index < -0.39 is 0 Å². The van der Waals surface area contributed by atoms with Crippen LogP contribution in [0.2, 0.25) is 0 Å². The summed E-state index contributed by atoms with van der Waals surface area (Å²) in [5.41, 5.74) is 0.383. The van der Waals surface area contributed by atoms with Gasteiger partial charge in [0, 0.05) is 32.3 Å². The van der Waals surface area contributed by atoms with Crippen LogP contribution in [-0.2, 0) is 9.47 Å². The van der Waals surface area contributed by atoms with Crippen LogP contribution in [0.15, 0.2) is 0 Å². The van der Waals surface area contributed by atoms with Crippen LogP contribution in [0.1, 0.15) is 32.6 Å². The Hall–Kier alpha value is -0.120. The maximum absolute atomic E-state index is 5.54. The molecule has 1 saturated heterocycles. The summed E-state index contributed by atoms with van der Waals surface area (Å²) in [5, 5.41) is 3.52. The van der Waals surface area contributed by atoms with Crippen molar-refractivity contribution in [3.05, 3.63) is 0 Å². The lowest BCUT2D eigenvalue weighted by atomic mass is 9.82. The molecule has 90 valence electrons. The molecule has 0 spiro atoms. The van der Waals surface area contributed by atoms with Crippen LogP contribution in [-0.4, -0.2) is 40.0 Å². The van der Waals surface area contributed by atoms with Crippen molar-refractivity contribution >= 4 is 0 Å². The van der Waals surface area contributed by atoms with E-state index >= 15 is 0 Å². The van der Waals surface area contributed by atoms with Gasteiger partial charge in [-0.3, -0.25) is 0 Å². The molecular formula is C12H25NO2. The molecule has 0 bridgehead atoms. The fourth-order valence-electron chi connectivity index (χ4n) is 2.20. The fourth-order valence-corrected chi connectivity index (χ4v) is 2.20. The number of hydrogen-bond donors (Lipinski definition) is 1. The Kier molecular flexibility index (Phi) is 6.22. The predicted molar refractivity (Wildman–Crippen MR) is 62.1 cm³/mol. The standard InChI is InChI=1S/C12H25NO2/c1-3-7-13-10-12(5-4-8-14-2)6-9-15-11-12/h13H,3-11H2,1-2H3. The molecule has 1 aliphatic rings. The molecule has 1 rings (SSSR count). The Morgan fingerprint density at radius 2 is 2.33 bits per heavy atom. The minimum absolute atomic E-state index is 0.383. The molecule has 1 heterocycles. The van der Waals surface area contributed by atoms with Gasteiger partial charge in [-0.25, -0.2) is 0 Å². The molecule has 0 aliphatic carbocycles. The molecule has 1 unspecified atom stereocenters. The second-order valence-electron chi connectivity index (χ2n) is 4.58. The van der Waals surface area contributed by atoms with Crippen LogP contribution >= 0.6 is 0 Å². The Balaban J connectivity index is 2.26. The highest BCUT2D eigenvalue weighted by Gasteiger charge is 2.33. The largest absolute Gasteiger partial charge is 0.385 e. The summed E-state index contributed by atoms with van der Waals surface area (Å²) in [6.45, 7) is 7.15. The van der Waals surface area contributed by atoms with Gasteiger partial charge in [0.1, 0.15) is 0 Å². The van der Waals surface area contributed by atoms with Crippen LogP contribution in [0.5, 0.6) is 0 Å². The summed E-state index contributed by atoms with van der Waals surface area (Å²) in [4.78, 5) is 0. The van der Waals surface area contributed by atoms with E-state index in [1.165, 1.54) is 19.3 Å². The van der Waals surface area contributed by atoms with Crippen molar-refractivity contribution in [3.8, 4) is 0 Å². The first-order valence-corrected chi connectivity index (χ1v) is 6.10. The number of rotatable bonds is 8. The van der Waals surface area contributed by atoms with E-state index in [-0.39, 0.29) is 0 Å². The topological polar surface area (TPSA) is 30.5 Å². The summed E-state index contributed by atoms with van der Waals surface area (Å²) in [7, 11) is 1.77. The third-order valence-corrected chi connectivity index (χ3v) is 3.17. The van der Waals surface area contributed by atoms with E-state index in [0.717, 1.165) is 39.3 Å². The lowest BCUT2D eigenvalue weighted by Gasteiger charge is -2.27. The van der Waals surface area contributed by atoms with Crippen LogP contribution in [0, 0.1) is 5.41 Å². The van der Waals surface area contributed by atoms with Gasteiger partial charge in [0.05, 0.1) is 6.61 Å². The van der Waals surface area contributed by atoms with Gasteiger partial charge in [0.25, 0.3) is 0 Å². The van der Waals surface area contributed by atoms with E-state index in [2.05, 4.69) is 12.2 Å². The van der Waals surface area contributed by atoms with Crippen molar-refractivity contribution in [3.63, 3.8) is 0 Å². The summed E-state index contributed by atoms with van der Waals surface area (Å²) >= 11 is 0. The predicted octanol–water partition coefficient (Wildman–Crippen LogP) is 1.82. The molecule has 0 amide bonds. The summed E-state index contributed by atoms with van der Waals surface area (Å²) < 4.78 is 10.7. The van der Waals surface area contributed by atoms with Crippen molar-refractivity contribution < 1.29 is 9.47 Å². The van der Waals surface area contributed by atoms with Crippen molar-refractivity contribution in [2.45, 2.75) is 32.6 Å². The summed E-state index contributed by atoms with van der Waals surface area (Å²) in [6.07, 6.45) is 4.77. The Morgan fingerprint density at radius 1 is 1.47 bits per heavy atom. The quantitative estimate of drug-likeness (QED) is 0.627. The van der Waals surface area contributed by atoms with Crippen LogP contribution < -0.4 is 5.32 Å². The van der Waals surface area contributed by atoms with E-state index in [9.17, 15) is 0 Å². The smallest absolute Gasteiger partial charge is 0.0535 e. The SMILES string of the molecule is CCCNCC1(CCCOC)CCOC1. The van der Waals surface area contributed by atoms with Gasteiger partial charge in [-0.1, -0.05) is 6.92 Å². The number of ether oxygens (including phenoxy) is 2. The fraction of sp³-hybridized carbons (Fsp3) is 1.00. The average molecular weight is 215 g/mol. The van der Waals surface area contributed by atoms with Crippen molar-refractivity contribution in [1.82, 2.24) is 5.32 Å². The van der Waals surface area contributed by atoms with Gasteiger partial charge in [-0.15, -0.1) is 0 Å². The van der Waals surface area contributed by atoms with E-state index in [1.54, 1.807) is 7.11 Å². The molecule has 1 aliphatic heterocycles. The molecule has 1 N–H and O–H groups in total. The Bertz CT molecular complexity index is 144. The van der Waals surface area contributed by atoms with E-state index in [1.807, 2.05) is 0 Å². The highest BCUT2D eigenvalue weighted by atomic mass is 16.5. The van der Waals surface area contributed by atoms with E-state index in [4.69, 9.17) is 9.47 Å². The first-order chi connectivity index (χ1) is 7.33. The van der Waals surface area contributed by atoms with Crippen LogP contribution in [0.25, 0.3) is 0 Å². The van der Waals surface area contributed by atoms with Crippen LogP contribution in [0.4, 0.5) is 0 Å². The third-order valence-electron chi connectivity index (χ3n) is 3.17. The van der Waals surface area contributed by atoms with Gasteiger partial charge in [-0.2, -0.15) is 0 Å².